The van der Waals surface area contributed by atoms with Gasteiger partial charge < -0.3 is 14.8 Å². The maximum absolute atomic E-state index is 12.4. The molecule has 1 aromatic carbocycles. The lowest BCUT2D eigenvalue weighted by Crippen LogP contribution is -2.33. The first kappa shape index (κ1) is 14.4. The third-order valence-corrected chi connectivity index (χ3v) is 4.32. The molecule has 2 N–H and O–H groups in total. The van der Waals surface area contributed by atoms with Crippen molar-refractivity contribution in [3.8, 4) is 0 Å². The van der Waals surface area contributed by atoms with Crippen LogP contribution in [0.3, 0.4) is 0 Å². The molecule has 1 amide bonds. The Kier molecular flexibility index (Phi) is 3.87. The zero-order valence-corrected chi connectivity index (χ0v) is 13.2. The number of hydrogen-bond acceptors (Lipinski definition) is 3. The molecule has 0 saturated carbocycles. The molecule has 0 spiro atoms. The average Bonchev–Trinajstić information content (AvgIpc) is 3.04. The minimum absolute atomic E-state index is 0.0472. The second kappa shape index (κ2) is 5.66. The zero-order chi connectivity index (χ0) is 15.0. The summed E-state index contributed by atoms with van der Waals surface area (Å²) in [5.74, 6) is 0.264. The Labute approximate surface area is 131 Å². The number of amides is 1. The number of aliphatic hydroxyl groups is 1. The van der Waals surface area contributed by atoms with Crippen molar-refractivity contribution in [3.05, 3.63) is 46.1 Å². The Morgan fingerprint density at radius 2 is 2.29 bits per heavy atom. The van der Waals surface area contributed by atoms with Crippen LogP contribution < -0.4 is 5.32 Å². The Hall–Kier alpha value is -1.59. The minimum Gasteiger partial charge on any atom is -0.451 e. The van der Waals surface area contributed by atoms with Gasteiger partial charge >= 0.3 is 0 Å². The molecule has 2 atom stereocenters. The summed E-state index contributed by atoms with van der Waals surface area (Å²) in [5, 5.41) is 13.0. The standard InChI is InChI=1S/C16H16BrNO3/c1-9-13-7-11(17)3-5-14(13)21-15(9)16(20)18-12-4-2-10(6-12)8-19/h2-5,7,10,12,19H,6,8H2,1H3,(H,18,20)/t10-,12+/m0/s1. The molecule has 5 heteroatoms. The van der Waals surface area contributed by atoms with Gasteiger partial charge in [-0.25, -0.2) is 0 Å². The molecule has 0 bridgehead atoms. The predicted molar refractivity (Wildman–Crippen MR) is 84.2 cm³/mol. The molecule has 0 saturated heterocycles. The number of furan rings is 1. The topological polar surface area (TPSA) is 62.5 Å². The molecule has 3 rings (SSSR count). The van der Waals surface area contributed by atoms with Crippen molar-refractivity contribution >= 4 is 32.8 Å². The first-order valence-electron chi connectivity index (χ1n) is 6.87. The molecule has 0 radical (unpaired) electrons. The lowest BCUT2D eigenvalue weighted by Gasteiger charge is -2.11. The van der Waals surface area contributed by atoms with Crippen molar-refractivity contribution in [2.45, 2.75) is 19.4 Å². The van der Waals surface area contributed by atoms with E-state index in [9.17, 15) is 4.79 Å². The van der Waals surface area contributed by atoms with Crippen LogP contribution in [0.1, 0.15) is 22.5 Å². The van der Waals surface area contributed by atoms with Gasteiger partial charge in [0.2, 0.25) is 0 Å². The van der Waals surface area contributed by atoms with Crippen LogP contribution in [-0.2, 0) is 0 Å². The second-order valence-corrected chi connectivity index (χ2v) is 6.26. The van der Waals surface area contributed by atoms with Gasteiger partial charge in [-0.3, -0.25) is 4.79 Å². The summed E-state index contributed by atoms with van der Waals surface area (Å²) in [6, 6.07) is 5.63. The SMILES string of the molecule is Cc1c(C(=O)N[C@@H]2C=C[C@H](CO)C2)oc2ccc(Br)cc12. The number of carbonyl (C=O) groups is 1. The van der Waals surface area contributed by atoms with E-state index in [4.69, 9.17) is 9.52 Å². The summed E-state index contributed by atoms with van der Waals surface area (Å²) in [7, 11) is 0. The summed E-state index contributed by atoms with van der Waals surface area (Å²) in [6.45, 7) is 1.99. The molecule has 0 unspecified atom stereocenters. The van der Waals surface area contributed by atoms with Gasteiger partial charge in [0.05, 0.1) is 0 Å². The van der Waals surface area contributed by atoms with Gasteiger partial charge in [-0.15, -0.1) is 0 Å². The van der Waals surface area contributed by atoms with Crippen LogP contribution in [0.5, 0.6) is 0 Å². The van der Waals surface area contributed by atoms with Crippen LogP contribution in [0.4, 0.5) is 0 Å². The number of hydrogen-bond donors (Lipinski definition) is 2. The van der Waals surface area contributed by atoms with Gasteiger partial charge in [0.15, 0.2) is 5.76 Å². The lowest BCUT2D eigenvalue weighted by molar-refractivity contribution is 0.0914. The van der Waals surface area contributed by atoms with E-state index in [2.05, 4.69) is 21.2 Å². The Morgan fingerprint density at radius 3 is 3.00 bits per heavy atom. The van der Waals surface area contributed by atoms with Gasteiger partial charge in [0.1, 0.15) is 5.58 Å². The third-order valence-electron chi connectivity index (χ3n) is 3.83. The number of nitrogens with one attached hydrogen (secondary N) is 1. The van der Waals surface area contributed by atoms with Crippen molar-refractivity contribution in [3.63, 3.8) is 0 Å². The Balaban J connectivity index is 1.82. The highest BCUT2D eigenvalue weighted by Crippen LogP contribution is 2.28. The van der Waals surface area contributed by atoms with Crippen LogP contribution in [0.15, 0.2) is 39.2 Å². The first-order valence-corrected chi connectivity index (χ1v) is 7.66. The van der Waals surface area contributed by atoms with E-state index in [1.165, 1.54) is 0 Å². The Bertz CT molecular complexity index is 720. The second-order valence-electron chi connectivity index (χ2n) is 5.34. The van der Waals surface area contributed by atoms with Gasteiger partial charge in [0.25, 0.3) is 5.91 Å². The fourth-order valence-electron chi connectivity index (χ4n) is 2.66. The lowest BCUT2D eigenvalue weighted by atomic mass is 10.1. The number of rotatable bonds is 3. The monoisotopic (exact) mass is 349 g/mol. The highest BCUT2D eigenvalue weighted by atomic mass is 79.9. The molecule has 0 fully saturated rings. The highest BCUT2D eigenvalue weighted by molar-refractivity contribution is 9.10. The van der Waals surface area contributed by atoms with Crippen LogP contribution >= 0.6 is 15.9 Å². The molecule has 1 aliphatic carbocycles. The quantitative estimate of drug-likeness (QED) is 0.836. The molecule has 1 aromatic heterocycles. The molecular formula is C16H16BrNO3. The van der Waals surface area contributed by atoms with Crippen molar-refractivity contribution < 1.29 is 14.3 Å². The summed E-state index contributed by atoms with van der Waals surface area (Å²) < 4.78 is 6.63. The molecular weight excluding hydrogens is 334 g/mol. The third kappa shape index (κ3) is 2.76. The number of aryl methyl sites for hydroxylation is 1. The van der Waals surface area contributed by atoms with Crippen LogP contribution in [0.25, 0.3) is 11.0 Å². The zero-order valence-electron chi connectivity index (χ0n) is 11.6. The van der Waals surface area contributed by atoms with Gasteiger partial charge in [0, 0.05) is 34.0 Å². The van der Waals surface area contributed by atoms with Crippen molar-refractivity contribution in [1.29, 1.82) is 0 Å². The van der Waals surface area contributed by atoms with Gasteiger partial charge in [-0.2, -0.15) is 0 Å². The fraction of sp³-hybridized carbons (Fsp3) is 0.312. The summed E-state index contributed by atoms with van der Waals surface area (Å²) in [6.07, 6.45) is 4.59. The van der Waals surface area contributed by atoms with Gasteiger partial charge in [-0.05, 0) is 31.5 Å². The molecule has 4 nitrogen and oxygen atoms in total. The minimum atomic E-state index is -0.215. The van der Waals surface area contributed by atoms with Crippen molar-refractivity contribution in [2.24, 2.45) is 5.92 Å². The van der Waals surface area contributed by atoms with E-state index in [0.717, 1.165) is 21.8 Å². The average molecular weight is 350 g/mol. The molecule has 110 valence electrons. The van der Waals surface area contributed by atoms with E-state index in [1.54, 1.807) is 0 Å². The smallest absolute Gasteiger partial charge is 0.287 e. The normalized spacial score (nSPS) is 21.1. The number of carbonyl (C=O) groups excluding carboxylic acids is 1. The number of benzene rings is 1. The van der Waals surface area contributed by atoms with Gasteiger partial charge in [-0.1, -0.05) is 28.1 Å². The van der Waals surface area contributed by atoms with E-state index in [0.29, 0.717) is 11.3 Å². The fourth-order valence-corrected chi connectivity index (χ4v) is 3.02. The molecule has 2 aromatic rings. The predicted octanol–water partition coefficient (Wildman–Crippen LogP) is 3.17. The largest absolute Gasteiger partial charge is 0.451 e. The number of halogens is 1. The highest BCUT2D eigenvalue weighted by Gasteiger charge is 2.23. The van der Waals surface area contributed by atoms with Crippen LogP contribution in [-0.4, -0.2) is 23.7 Å². The van der Waals surface area contributed by atoms with E-state index < -0.39 is 0 Å². The summed E-state index contributed by atoms with van der Waals surface area (Å²) in [5.41, 5.74) is 1.54. The number of aliphatic hydroxyl groups excluding tert-OH is 1. The van der Waals surface area contributed by atoms with E-state index >= 15 is 0 Å². The maximum Gasteiger partial charge on any atom is 0.287 e. The van der Waals surface area contributed by atoms with Crippen LogP contribution in [0.2, 0.25) is 0 Å². The summed E-state index contributed by atoms with van der Waals surface area (Å²) >= 11 is 3.42. The summed E-state index contributed by atoms with van der Waals surface area (Å²) in [4.78, 5) is 12.4. The van der Waals surface area contributed by atoms with Crippen molar-refractivity contribution in [2.75, 3.05) is 6.61 Å². The van der Waals surface area contributed by atoms with E-state index in [1.807, 2.05) is 37.3 Å². The van der Waals surface area contributed by atoms with E-state index in [-0.39, 0.29) is 24.5 Å². The molecule has 1 heterocycles. The molecule has 0 aliphatic heterocycles. The first-order chi connectivity index (χ1) is 10.1. The number of fused-ring (bicyclic) bond motifs is 1. The van der Waals surface area contributed by atoms with Crippen molar-refractivity contribution in [1.82, 2.24) is 5.32 Å². The van der Waals surface area contributed by atoms with Crippen LogP contribution in [0, 0.1) is 12.8 Å². The molecule has 1 aliphatic rings. The maximum atomic E-state index is 12.4. The Morgan fingerprint density at radius 1 is 1.48 bits per heavy atom. The molecule has 21 heavy (non-hydrogen) atoms.